The fraction of sp³-hybridized carbons (Fsp3) is 0.381. The Hall–Kier alpha value is -2.69. The summed E-state index contributed by atoms with van der Waals surface area (Å²) >= 11 is 0. The van der Waals surface area contributed by atoms with Crippen molar-refractivity contribution in [3.8, 4) is 11.5 Å². The first kappa shape index (κ1) is 19.6. The summed E-state index contributed by atoms with van der Waals surface area (Å²) in [5, 5.41) is 3.04. The van der Waals surface area contributed by atoms with Crippen molar-refractivity contribution in [2.75, 3.05) is 26.1 Å². The molecule has 0 radical (unpaired) electrons. The Labute approximate surface area is 155 Å². The van der Waals surface area contributed by atoms with Crippen LogP contribution in [0.5, 0.6) is 11.5 Å². The zero-order valence-corrected chi connectivity index (χ0v) is 16.4. The fourth-order valence-corrected chi connectivity index (χ4v) is 2.59. The summed E-state index contributed by atoms with van der Waals surface area (Å²) in [6.45, 7) is 5.89. The molecule has 2 aromatic rings. The average molecular weight is 356 g/mol. The number of carbonyl (C=O) groups excluding carboxylic acids is 1. The Bertz CT molecular complexity index is 757. The normalized spacial score (nSPS) is 11.8. The third-order valence-electron chi connectivity index (χ3n) is 4.02. The molecule has 0 aliphatic rings. The van der Waals surface area contributed by atoms with Crippen molar-refractivity contribution in [3.05, 3.63) is 53.6 Å². The number of benzene rings is 2. The maximum Gasteiger partial charge on any atom is 0.251 e. The number of nitrogens with zero attached hydrogens (tertiary/aromatic N) is 1. The van der Waals surface area contributed by atoms with E-state index in [4.69, 9.17) is 9.47 Å². The van der Waals surface area contributed by atoms with Gasteiger partial charge in [0.1, 0.15) is 0 Å². The molecule has 26 heavy (non-hydrogen) atoms. The van der Waals surface area contributed by atoms with Crippen LogP contribution < -0.4 is 19.7 Å². The number of hydrogen-bond acceptors (Lipinski definition) is 4. The van der Waals surface area contributed by atoms with Gasteiger partial charge in [0.05, 0.1) is 19.3 Å². The number of nitrogens with one attached hydrogen (secondary N) is 1. The molecule has 1 unspecified atom stereocenters. The Morgan fingerprint density at radius 2 is 1.77 bits per heavy atom. The standard InChI is InChI=1S/C21H28N2O3/c1-14(2)26-19-11-10-16(13-20(19)25-6)15(3)22-21(24)17-8-7-9-18(12-17)23(4)5/h7-15H,1-6H3,(H,22,24). The predicted octanol–water partition coefficient (Wildman–Crippen LogP) is 4.04. The number of hydrogen-bond donors (Lipinski definition) is 1. The van der Waals surface area contributed by atoms with Gasteiger partial charge in [0.15, 0.2) is 11.5 Å². The van der Waals surface area contributed by atoms with Gasteiger partial charge in [-0.2, -0.15) is 0 Å². The first-order valence-electron chi connectivity index (χ1n) is 8.74. The number of anilines is 1. The van der Waals surface area contributed by atoms with E-state index in [0.717, 1.165) is 11.3 Å². The first-order chi connectivity index (χ1) is 12.3. The number of rotatable bonds is 7. The van der Waals surface area contributed by atoms with Crippen LogP contribution in [0, 0.1) is 0 Å². The Balaban J connectivity index is 2.15. The van der Waals surface area contributed by atoms with Crippen LogP contribution >= 0.6 is 0 Å². The molecule has 1 N–H and O–H groups in total. The molecule has 0 saturated heterocycles. The fourth-order valence-electron chi connectivity index (χ4n) is 2.59. The summed E-state index contributed by atoms with van der Waals surface area (Å²) in [7, 11) is 5.52. The highest BCUT2D eigenvalue weighted by Gasteiger charge is 2.15. The molecule has 1 amide bonds. The quantitative estimate of drug-likeness (QED) is 0.813. The molecule has 140 valence electrons. The molecule has 5 nitrogen and oxygen atoms in total. The van der Waals surface area contributed by atoms with Crippen LogP contribution in [0.2, 0.25) is 0 Å². The van der Waals surface area contributed by atoms with Gasteiger partial charge in [0.2, 0.25) is 0 Å². The van der Waals surface area contributed by atoms with Crippen LogP contribution in [0.1, 0.15) is 42.7 Å². The van der Waals surface area contributed by atoms with E-state index in [1.807, 2.05) is 82.2 Å². The monoisotopic (exact) mass is 356 g/mol. The summed E-state index contributed by atoms with van der Waals surface area (Å²) in [4.78, 5) is 14.6. The van der Waals surface area contributed by atoms with E-state index >= 15 is 0 Å². The molecular weight excluding hydrogens is 328 g/mol. The maximum atomic E-state index is 12.6. The van der Waals surface area contributed by atoms with E-state index in [1.54, 1.807) is 7.11 Å². The van der Waals surface area contributed by atoms with Gasteiger partial charge < -0.3 is 19.7 Å². The largest absolute Gasteiger partial charge is 0.493 e. The molecule has 0 saturated carbocycles. The highest BCUT2D eigenvalue weighted by molar-refractivity contribution is 5.95. The van der Waals surface area contributed by atoms with Gasteiger partial charge in [-0.3, -0.25) is 4.79 Å². The minimum Gasteiger partial charge on any atom is -0.493 e. The summed E-state index contributed by atoms with van der Waals surface area (Å²) in [5.74, 6) is 1.25. The highest BCUT2D eigenvalue weighted by atomic mass is 16.5. The van der Waals surface area contributed by atoms with E-state index < -0.39 is 0 Å². The van der Waals surface area contributed by atoms with Gasteiger partial charge in [-0.25, -0.2) is 0 Å². The second kappa shape index (κ2) is 8.61. The molecule has 2 rings (SSSR count). The summed E-state index contributed by atoms with van der Waals surface area (Å²) in [6.07, 6.45) is 0.0656. The van der Waals surface area contributed by atoms with E-state index in [0.29, 0.717) is 17.1 Å². The zero-order valence-electron chi connectivity index (χ0n) is 16.4. The molecule has 0 spiro atoms. The van der Waals surface area contributed by atoms with Crippen LogP contribution in [0.3, 0.4) is 0 Å². The molecule has 5 heteroatoms. The molecule has 2 aromatic carbocycles. The molecule has 0 heterocycles. The minimum absolute atomic E-state index is 0.0656. The lowest BCUT2D eigenvalue weighted by Gasteiger charge is -2.19. The molecule has 0 fully saturated rings. The highest BCUT2D eigenvalue weighted by Crippen LogP contribution is 2.31. The SMILES string of the molecule is COc1cc(C(C)NC(=O)c2cccc(N(C)C)c2)ccc1OC(C)C. The Morgan fingerprint density at radius 1 is 1.04 bits per heavy atom. The number of methoxy groups -OCH3 is 1. The summed E-state index contributed by atoms with van der Waals surface area (Å²) < 4.78 is 11.2. The maximum absolute atomic E-state index is 12.6. The summed E-state index contributed by atoms with van der Waals surface area (Å²) in [6, 6.07) is 13.1. The molecular formula is C21H28N2O3. The molecule has 0 aliphatic carbocycles. The van der Waals surface area contributed by atoms with Crippen molar-refractivity contribution in [1.29, 1.82) is 0 Å². The predicted molar refractivity (Wildman–Crippen MR) is 105 cm³/mol. The second-order valence-corrected chi connectivity index (χ2v) is 6.72. The van der Waals surface area contributed by atoms with Gasteiger partial charge in [-0.1, -0.05) is 12.1 Å². The number of ether oxygens (including phenoxy) is 2. The molecule has 0 bridgehead atoms. The van der Waals surface area contributed by atoms with Crippen molar-refractivity contribution in [1.82, 2.24) is 5.32 Å². The van der Waals surface area contributed by atoms with Crippen molar-refractivity contribution in [3.63, 3.8) is 0 Å². The zero-order chi connectivity index (χ0) is 19.3. The van der Waals surface area contributed by atoms with Crippen LogP contribution in [0.4, 0.5) is 5.69 Å². The van der Waals surface area contributed by atoms with E-state index in [2.05, 4.69) is 5.32 Å². The lowest BCUT2D eigenvalue weighted by atomic mass is 10.1. The number of amides is 1. The first-order valence-corrected chi connectivity index (χ1v) is 8.74. The van der Waals surface area contributed by atoms with Gasteiger partial charge in [-0.05, 0) is 56.7 Å². The second-order valence-electron chi connectivity index (χ2n) is 6.72. The van der Waals surface area contributed by atoms with Crippen LogP contribution in [-0.4, -0.2) is 33.2 Å². The van der Waals surface area contributed by atoms with Crippen LogP contribution in [-0.2, 0) is 0 Å². The third-order valence-corrected chi connectivity index (χ3v) is 4.02. The smallest absolute Gasteiger partial charge is 0.251 e. The lowest BCUT2D eigenvalue weighted by Crippen LogP contribution is -2.27. The Morgan fingerprint density at radius 3 is 2.38 bits per heavy atom. The third kappa shape index (κ3) is 4.91. The average Bonchev–Trinajstić information content (AvgIpc) is 2.61. The van der Waals surface area contributed by atoms with Gasteiger partial charge in [0, 0.05) is 25.3 Å². The van der Waals surface area contributed by atoms with Crippen molar-refractivity contribution < 1.29 is 14.3 Å². The lowest BCUT2D eigenvalue weighted by molar-refractivity contribution is 0.0940. The van der Waals surface area contributed by atoms with Gasteiger partial charge in [-0.15, -0.1) is 0 Å². The van der Waals surface area contributed by atoms with E-state index in [9.17, 15) is 4.79 Å². The minimum atomic E-state index is -0.160. The Kier molecular flexibility index (Phi) is 6.50. The summed E-state index contributed by atoms with van der Waals surface area (Å²) in [5.41, 5.74) is 2.58. The van der Waals surface area contributed by atoms with Crippen molar-refractivity contribution in [2.45, 2.75) is 32.9 Å². The molecule has 1 atom stereocenters. The van der Waals surface area contributed by atoms with Gasteiger partial charge in [0.25, 0.3) is 5.91 Å². The molecule has 0 aromatic heterocycles. The topological polar surface area (TPSA) is 50.8 Å². The van der Waals surface area contributed by atoms with Crippen molar-refractivity contribution in [2.24, 2.45) is 0 Å². The van der Waals surface area contributed by atoms with E-state index in [-0.39, 0.29) is 18.1 Å². The number of carbonyl (C=O) groups is 1. The van der Waals surface area contributed by atoms with Crippen LogP contribution in [0.15, 0.2) is 42.5 Å². The van der Waals surface area contributed by atoms with E-state index in [1.165, 1.54) is 0 Å². The van der Waals surface area contributed by atoms with Crippen LogP contribution in [0.25, 0.3) is 0 Å². The van der Waals surface area contributed by atoms with Crippen molar-refractivity contribution >= 4 is 11.6 Å². The van der Waals surface area contributed by atoms with Gasteiger partial charge >= 0.3 is 0 Å². The molecule has 0 aliphatic heterocycles.